The fourth-order valence-corrected chi connectivity index (χ4v) is 4.12. The molecular formula is C21H21ClN2O2. The second-order valence-electron chi connectivity index (χ2n) is 6.74. The molecule has 134 valence electrons. The number of methoxy groups -OCH3 is 1. The molecule has 0 aliphatic carbocycles. The molecule has 1 aromatic heterocycles. The van der Waals surface area contributed by atoms with Crippen molar-refractivity contribution in [1.29, 1.82) is 0 Å². The van der Waals surface area contributed by atoms with E-state index in [0.717, 1.165) is 46.4 Å². The number of hydrogen-bond donors (Lipinski definition) is 1. The fraction of sp³-hybridized carbons (Fsp3) is 0.286. The van der Waals surface area contributed by atoms with E-state index in [0.29, 0.717) is 5.02 Å². The summed E-state index contributed by atoms with van der Waals surface area (Å²) in [6, 6.07) is 10.0. The van der Waals surface area contributed by atoms with Crippen molar-refractivity contribution in [2.75, 3.05) is 19.0 Å². The number of ether oxygens (including phenoxy) is 1. The number of aryl methyl sites for hydroxylation is 1. The standard InChI is InChI=1S/C21H21ClN2O2/c1-12-10-17-19(14-4-6-15(22)7-5-14)16(11-18(25)26-3)13(2)20-21(17)24(12)9-8-23-20/h4-7,10,23H,8-9,11H2,1-3H3. The topological polar surface area (TPSA) is 43.3 Å². The van der Waals surface area contributed by atoms with Gasteiger partial charge in [-0.1, -0.05) is 23.7 Å². The van der Waals surface area contributed by atoms with Crippen LogP contribution < -0.4 is 5.32 Å². The van der Waals surface area contributed by atoms with E-state index in [1.807, 2.05) is 24.3 Å². The predicted octanol–water partition coefficient (Wildman–Crippen LogP) is 4.72. The zero-order valence-electron chi connectivity index (χ0n) is 15.1. The van der Waals surface area contributed by atoms with Gasteiger partial charge in [0.2, 0.25) is 0 Å². The van der Waals surface area contributed by atoms with Gasteiger partial charge >= 0.3 is 5.97 Å². The summed E-state index contributed by atoms with van der Waals surface area (Å²) in [5.41, 5.74) is 7.83. The highest BCUT2D eigenvalue weighted by atomic mass is 35.5. The van der Waals surface area contributed by atoms with Gasteiger partial charge in [-0.3, -0.25) is 4.79 Å². The SMILES string of the molecule is COC(=O)Cc1c(C)c2c3c(cc(C)n3CCN2)c1-c1ccc(Cl)cc1. The highest BCUT2D eigenvalue weighted by Crippen LogP contribution is 2.43. The molecule has 1 aliphatic heterocycles. The molecule has 0 radical (unpaired) electrons. The lowest BCUT2D eigenvalue weighted by molar-refractivity contribution is -0.139. The molecule has 26 heavy (non-hydrogen) atoms. The summed E-state index contributed by atoms with van der Waals surface area (Å²) in [7, 11) is 1.43. The average molecular weight is 369 g/mol. The molecule has 5 heteroatoms. The van der Waals surface area contributed by atoms with Gasteiger partial charge in [0.1, 0.15) is 0 Å². The van der Waals surface area contributed by atoms with Gasteiger partial charge in [0.15, 0.2) is 0 Å². The van der Waals surface area contributed by atoms with Crippen molar-refractivity contribution < 1.29 is 9.53 Å². The van der Waals surface area contributed by atoms with Gasteiger partial charge in [-0.2, -0.15) is 0 Å². The summed E-state index contributed by atoms with van der Waals surface area (Å²) in [5, 5.41) is 5.40. The summed E-state index contributed by atoms with van der Waals surface area (Å²) in [5.74, 6) is -0.234. The Kier molecular flexibility index (Phi) is 4.16. The largest absolute Gasteiger partial charge is 0.469 e. The Morgan fingerprint density at radius 2 is 2.00 bits per heavy atom. The van der Waals surface area contributed by atoms with Crippen LogP contribution in [0.2, 0.25) is 5.02 Å². The molecule has 3 aromatic rings. The number of benzene rings is 2. The predicted molar refractivity (Wildman–Crippen MR) is 106 cm³/mol. The van der Waals surface area contributed by atoms with Crippen LogP contribution in [0.3, 0.4) is 0 Å². The third kappa shape index (κ3) is 2.56. The molecule has 0 saturated heterocycles. The van der Waals surface area contributed by atoms with Crippen molar-refractivity contribution in [3.63, 3.8) is 0 Å². The number of rotatable bonds is 3. The molecule has 1 aliphatic rings. The zero-order valence-corrected chi connectivity index (χ0v) is 15.9. The number of anilines is 1. The summed E-state index contributed by atoms with van der Waals surface area (Å²) < 4.78 is 7.32. The van der Waals surface area contributed by atoms with E-state index < -0.39 is 0 Å². The number of nitrogens with zero attached hydrogens (tertiary/aromatic N) is 1. The van der Waals surface area contributed by atoms with E-state index in [9.17, 15) is 4.79 Å². The number of carbonyl (C=O) groups excluding carboxylic acids is 1. The Morgan fingerprint density at radius 1 is 1.27 bits per heavy atom. The van der Waals surface area contributed by atoms with Crippen LogP contribution >= 0.6 is 11.6 Å². The second-order valence-corrected chi connectivity index (χ2v) is 7.18. The van der Waals surface area contributed by atoms with E-state index in [1.54, 1.807) is 0 Å². The maximum absolute atomic E-state index is 12.1. The summed E-state index contributed by atoms with van der Waals surface area (Å²) in [6.07, 6.45) is 0.245. The minimum absolute atomic E-state index is 0.234. The Labute approximate surface area is 157 Å². The Bertz CT molecular complexity index is 1020. The van der Waals surface area contributed by atoms with E-state index in [2.05, 4.69) is 29.8 Å². The smallest absolute Gasteiger partial charge is 0.310 e. The molecule has 0 amide bonds. The fourth-order valence-electron chi connectivity index (χ4n) is 4.00. The number of aromatic nitrogens is 1. The Hall–Kier alpha value is -2.46. The molecule has 0 atom stereocenters. The third-order valence-corrected chi connectivity index (χ3v) is 5.51. The van der Waals surface area contributed by atoms with Gasteiger partial charge in [-0.15, -0.1) is 0 Å². The van der Waals surface area contributed by atoms with Gasteiger partial charge in [0.25, 0.3) is 0 Å². The van der Waals surface area contributed by atoms with Crippen molar-refractivity contribution in [2.24, 2.45) is 0 Å². The van der Waals surface area contributed by atoms with Crippen LogP contribution in [0.1, 0.15) is 16.8 Å². The first-order valence-corrected chi connectivity index (χ1v) is 9.11. The van der Waals surface area contributed by atoms with Gasteiger partial charge in [-0.25, -0.2) is 0 Å². The van der Waals surface area contributed by atoms with E-state index in [-0.39, 0.29) is 12.4 Å². The van der Waals surface area contributed by atoms with Gasteiger partial charge in [0, 0.05) is 29.2 Å². The van der Waals surface area contributed by atoms with Crippen LogP contribution in [-0.4, -0.2) is 24.2 Å². The maximum Gasteiger partial charge on any atom is 0.310 e. The van der Waals surface area contributed by atoms with E-state index in [4.69, 9.17) is 16.3 Å². The molecule has 0 bridgehead atoms. The van der Waals surface area contributed by atoms with Crippen LogP contribution in [0.4, 0.5) is 5.69 Å². The average Bonchev–Trinajstić information content (AvgIpc) is 2.98. The number of halogens is 1. The number of nitrogens with one attached hydrogen (secondary N) is 1. The van der Waals surface area contributed by atoms with Crippen LogP contribution in [0.15, 0.2) is 30.3 Å². The first-order chi connectivity index (χ1) is 12.5. The van der Waals surface area contributed by atoms with Gasteiger partial charge in [0.05, 0.1) is 24.7 Å². The maximum atomic E-state index is 12.1. The van der Waals surface area contributed by atoms with Gasteiger partial charge < -0.3 is 14.6 Å². The van der Waals surface area contributed by atoms with E-state index in [1.165, 1.54) is 18.3 Å². The molecule has 2 heterocycles. The quantitative estimate of drug-likeness (QED) is 0.680. The van der Waals surface area contributed by atoms with Crippen molar-refractivity contribution in [3.8, 4) is 11.1 Å². The van der Waals surface area contributed by atoms with Crippen molar-refractivity contribution in [3.05, 3.63) is 52.2 Å². The molecule has 0 fully saturated rings. The lowest BCUT2D eigenvalue weighted by atomic mass is 9.89. The third-order valence-electron chi connectivity index (χ3n) is 5.26. The van der Waals surface area contributed by atoms with Crippen molar-refractivity contribution >= 4 is 34.2 Å². The summed E-state index contributed by atoms with van der Waals surface area (Å²) >= 11 is 6.09. The first-order valence-electron chi connectivity index (χ1n) is 8.73. The first kappa shape index (κ1) is 17.0. The zero-order chi connectivity index (χ0) is 18.4. The molecule has 0 saturated carbocycles. The Morgan fingerprint density at radius 3 is 2.69 bits per heavy atom. The second kappa shape index (κ2) is 6.36. The van der Waals surface area contributed by atoms with E-state index >= 15 is 0 Å². The highest BCUT2D eigenvalue weighted by Gasteiger charge is 2.25. The monoisotopic (exact) mass is 368 g/mol. The van der Waals surface area contributed by atoms with Crippen LogP contribution in [0.25, 0.3) is 22.0 Å². The van der Waals surface area contributed by atoms with Gasteiger partial charge in [-0.05, 0) is 54.3 Å². The molecule has 0 spiro atoms. The molecule has 1 N–H and O–H groups in total. The van der Waals surface area contributed by atoms with Crippen molar-refractivity contribution in [1.82, 2.24) is 4.57 Å². The normalized spacial score (nSPS) is 12.9. The number of carbonyl (C=O) groups is 1. The minimum Gasteiger partial charge on any atom is -0.469 e. The summed E-state index contributed by atoms with van der Waals surface area (Å²) in [4.78, 5) is 12.1. The minimum atomic E-state index is -0.234. The number of hydrogen-bond acceptors (Lipinski definition) is 3. The highest BCUT2D eigenvalue weighted by molar-refractivity contribution is 6.30. The van der Waals surface area contributed by atoms with Crippen LogP contribution in [0.5, 0.6) is 0 Å². The van der Waals surface area contributed by atoms with Crippen LogP contribution in [-0.2, 0) is 22.5 Å². The van der Waals surface area contributed by atoms with Crippen LogP contribution in [0, 0.1) is 13.8 Å². The number of esters is 1. The molecule has 2 aromatic carbocycles. The molecular weight excluding hydrogens is 348 g/mol. The Balaban J connectivity index is 2.09. The molecule has 4 nitrogen and oxygen atoms in total. The lowest BCUT2D eigenvalue weighted by Crippen LogP contribution is -2.19. The summed E-state index contributed by atoms with van der Waals surface area (Å²) in [6.45, 7) is 6.04. The molecule has 0 unspecified atom stereocenters. The lowest BCUT2D eigenvalue weighted by Gasteiger charge is -2.25. The molecule has 4 rings (SSSR count). The van der Waals surface area contributed by atoms with Crippen molar-refractivity contribution in [2.45, 2.75) is 26.8 Å².